The number of aromatic nitrogens is 1. The second kappa shape index (κ2) is 8.10. The number of nitrogens with zero attached hydrogens (tertiary/aromatic N) is 1. The van der Waals surface area contributed by atoms with Crippen LogP contribution in [0, 0.1) is 0 Å². The topological polar surface area (TPSA) is 51.1 Å². The summed E-state index contributed by atoms with van der Waals surface area (Å²) in [6, 6.07) is 22.2. The smallest absolute Gasteiger partial charge is 0.240 e. The minimum absolute atomic E-state index is 0.0135. The van der Waals surface area contributed by atoms with Crippen LogP contribution >= 0.6 is 11.6 Å². The lowest BCUT2D eigenvalue weighted by atomic mass is 10.0. The van der Waals surface area contributed by atoms with Crippen LogP contribution in [0.2, 0.25) is 5.02 Å². The maximum absolute atomic E-state index is 13.0. The molecule has 4 nitrogen and oxygen atoms in total. The highest BCUT2D eigenvalue weighted by Gasteiger charge is 2.16. The summed E-state index contributed by atoms with van der Waals surface area (Å²) < 4.78 is 1.91. The van der Waals surface area contributed by atoms with Crippen LogP contribution in [0.1, 0.15) is 24.9 Å². The van der Waals surface area contributed by atoms with Gasteiger partial charge in [-0.15, -0.1) is 0 Å². The molecule has 1 atom stereocenters. The highest BCUT2D eigenvalue weighted by atomic mass is 35.5. The van der Waals surface area contributed by atoms with E-state index >= 15 is 0 Å². The monoisotopic (exact) mass is 404 g/mol. The van der Waals surface area contributed by atoms with Gasteiger partial charge in [-0.05, 0) is 48.4 Å². The molecule has 1 unspecified atom stereocenters. The van der Waals surface area contributed by atoms with Gasteiger partial charge in [0.25, 0.3) is 0 Å². The van der Waals surface area contributed by atoms with Gasteiger partial charge in [0, 0.05) is 15.8 Å². The highest BCUT2D eigenvalue weighted by molar-refractivity contribution is 6.30. The van der Waals surface area contributed by atoms with Crippen molar-refractivity contribution in [3.63, 3.8) is 0 Å². The third kappa shape index (κ3) is 3.76. The SMILES string of the molecule is CCC(NC(=O)Cn1c2ccccc2c(=O)c2ccccc21)c1ccc(Cl)cc1. The van der Waals surface area contributed by atoms with Gasteiger partial charge in [-0.3, -0.25) is 9.59 Å². The Morgan fingerprint density at radius 1 is 0.931 bits per heavy atom. The molecule has 0 saturated heterocycles. The van der Waals surface area contributed by atoms with Crippen LogP contribution in [0.15, 0.2) is 77.6 Å². The van der Waals surface area contributed by atoms with Gasteiger partial charge < -0.3 is 9.88 Å². The van der Waals surface area contributed by atoms with Gasteiger partial charge in [-0.1, -0.05) is 54.9 Å². The Hall–Kier alpha value is -3.11. The number of halogens is 1. The van der Waals surface area contributed by atoms with Crippen molar-refractivity contribution in [2.45, 2.75) is 25.9 Å². The van der Waals surface area contributed by atoms with Crippen molar-refractivity contribution in [2.24, 2.45) is 0 Å². The fraction of sp³-hybridized carbons (Fsp3) is 0.167. The Kier molecular flexibility index (Phi) is 5.36. The first-order valence-corrected chi connectivity index (χ1v) is 10.0. The lowest BCUT2D eigenvalue weighted by Crippen LogP contribution is -2.32. The van der Waals surface area contributed by atoms with Crippen molar-refractivity contribution in [1.82, 2.24) is 9.88 Å². The molecule has 0 spiro atoms. The molecule has 4 aromatic rings. The van der Waals surface area contributed by atoms with Gasteiger partial charge >= 0.3 is 0 Å². The molecule has 0 fully saturated rings. The number of para-hydroxylation sites is 2. The normalized spacial score (nSPS) is 12.2. The summed E-state index contributed by atoms with van der Waals surface area (Å²) >= 11 is 5.98. The number of hydrogen-bond acceptors (Lipinski definition) is 2. The summed E-state index contributed by atoms with van der Waals surface area (Å²) in [6.45, 7) is 2.16. The van der Waals surface area contributed by atoms with Crippen molar-refractivity contribution >= 4 is 39.3 Å². The van der Waals surface area contributed by atoms with E-state index in [9.17, 15) is 9.59 Å². The summed E-state index contributed by atoms with van der Waals surface area (Å²) in [5.74, 6) is -0.106. The molecule has 0 aliphatic carbocycles. The lowest BCUT2D eigenvalue weighted by Gasteiger charge is -2.20. The predicted octanol–water partition coefficient (Wildman–Crippen LogP) is 5.08. The Balaban J connectivity index is 1.71. The molecule has 1 aromatic heterocycles. The molecular formula is C24H21ClN2O2. The van der Waals surface area contributed by atoms with E-state index in [0.29, 0.717) is 15.8 Å². The Morgan fingerprint density at radius 3 is 2.03 bits per heavy atom. The van der Waals surface area contributed by atoms with E-state index in [0.717, 1.165) is 23.0 Å². The molecule has 0 saturated carbocycles. The van der Waals surface area contributed by atoms with Gasteiger partial charge in [0.1, 0.15) is 6.54 Å². The van der Waals surface area contributed by atoms with Crippen molar-refractivity contribution < 1.29 is 4.79 Å². The second-order valence-corrected chi connectivity index (χ2v) is 7.47. The van der Waals surface area contributed by atoms with Crippen LogP contribution in [0.4, 0.5) is 0 Å². The molecule has 5 heteroatoms. The molecule has 3 aromatic carbocycles. The van der Waals surface area contributed by atoms with Gasteiger partial charge in [-0.2, -0.15) is 0 Å². The van der Waals surface area contributed by atoms with Crippen molar-refractivity contribution in [1.29, 1.82) is 0 Å². The number of fused-ring (bicyclic) bond motifs is 2. The first-order valence-electron chi connectivity index (χ1n) is 9.63. The third-order valence-corrected chi connectivity index (χ3v) is 5.45. The van der Waals surface area contributed by atoms with E-state index in [1.807, 2.05) is 72.2 Å². The van der Waals surface area contributed by atoms with Crippen LogP contribution in [0.5, 0.6) is 0 Å². The van der Waals surface area contributed by atoms with Crippen LogP contribution in [0.25, 0.3) is 21.8 Å². The van der Waals surface area contributed by atoms with Crippen LogP contribution in [0.3, 0.4) is 0 Å². The summed E-state index contributed by atoms with van der Waals surface area (Å²) in [7, 11) is 0. The van der Waals surface area contributed by atoms with E-state index in [2.05, 4.69) is 5.32 Å². The zero-order valence-electron chi connectivity index (χ0n) is 16.1. The molecule has 1 amide bonds. The number of carbonyl (C=O) groups excluding carboxylic acids is 1. The molecule has 1 N–H and O–H groups in total. The molecule has 0 aliphatic rings. The van der Waals surface area contributed by atoms with E-state index in [-0.39, 0.29) is 23.9 Å². The van der Waals surface area contributed by atoms with Crippen LogP contribution in [-0.4, -0.2) is 10.5 Å². The number of hydrogen-bond donors (Lipinski definition) is 1. The summed E-state index contributed by atoms with van der Waals surface area (Å²) in [5.41, 5.74) is 2.51. The molecule has 0 bridgehead atoms. The first-order chi connectivity index (χ1) is 14.1. The van der Waals surface area contributed by atoms with Gasteiger partial charge in [0.2, 0.25) is 5.91 Å². The first kappa shape index (κ1) is 19.2. The molecule has 146 valence electrons. The molecule has 4 rings (SSSR count). The van der Waals surface area contributed by atoms with E-state index < -0.39 is 0 Å². The quantitative estimate of drug-likeness (QED) is 0.472. The number of amides is 1. The summed E-state index contributed by atoms with van der Waals surface area (Å²) in [6.07, 6.45) is 0.763. The van der Waals surface area contributed by atoms with Crippen LogP contribution < -0.4 is 10.7 Å². The minimum Gasteiger partial charge on any atom is -0.348 e. The second-order valence-electron chi connectivity index (χ2n) is 7.03. The average Bonchev–Trinajstić information content (AvgIpc) is 2.75. The zero-order chi connectivity index (χ0) is 20.4. The standard InChI is InChI=1S/C24H21ClN2O2/c1-2-20(16-11-13-17(25)14-12-16)26-23(28)15-27-21-9-5-3-7-18(21)24(29)19-8-4-6-10-22(19)27/h3-14,20H,2,15H2,1H3,(H,26,28). The van der Waals surface area contributed by atoms with Gasteiger partial charge in [0.05, 0.1) is 17.1 Å². The predicted molar refractivity (Wildman–Crippen MR) is 118 cm³/mol. The fourth-order valence-corrected chi connectivity index (χ4v) is 3.87. The van der Waals surface area contributed by atoms with Crippen LogP contribution in [-0.2, 0) is 11.3 Å². The number of nitrogens with one attached hydrogen (secondary N) is 1. The van der Waals surface area contributed by atoms with Crippen molar-refractivity contribution in [3.8, 4) is 0 Å². The maximum atomic E-state index is 13.0. The fourth-order valence-electron chi connectivity index (χ4n) is 3.75. The van der Waals surface area contributed by atoms with Gasteiger partial charge in [-0.25, -0.2) is 0 Å². The Labute approximate surface area is 173 Å². The van der Waals surface area contributed by atoms with E-state index in [1.165, 1.54) is 0 Å². The molecule has 0 radical (unpaired) electrons. The van der Waals surface area contributed by atoms with Crippen molar-refractivity contribution in [2.75, 3.05) is 0 Å². The third-order valence-electron chi connectivity index (χ3n) is 5.20. The molecule has 29 heavy (non-hydrogen) atoms. The van der Waals surface area contributed by atoms with E-state index in [1.54, 1.807) is 12.1 Å². The zero-order valence-corrected chi connectivity index (χ0v) is 16.8. The number of rotatable bonds is 5. The average molecular weight is 405 g/mol. The molecular weight excluding hydrogens is 384 g/mol. The van der Waals surface area contributed by atoms with E-state index in [4.69, 9.17) is 11.6 Å². The number of benzene rings is 3. The summed E-state index contributed by atoms with van der Waals surface area (Å²) in [5, 5.41) is 5.01. The molecule has 0 aliphatic heterocycles. The minimum atomic E-state index is -0.106. The van der Waals surface area contributed by atoms with Crippen molar-refractivity contribution in [3.05, 3.63) is 93.6 Å². The Bertz CT molecular complexity index is 1190. The summed E-state index contributed by atoms with van der Waals surface area (Å²) in [4.78, 5) is 25.8. The lowest BCUT2D eigenvalue weighted by molar-refractivity contribution is -0.122. The Morgan fingerprint density at radius 2 is 1.48 bits per heavy atom. The van der Waals surface area contributed by atoms with Gasteiger partial charge in [0.15, 0.2) is 5.43 Å². The number of carbonyl (C=O) groups is 1. The maximum Gasteiger partial charge on any atom is 0.240 e. The highest BCUT2D eigenvalue weighted by Crippen LogP contribution is 2.21. The molecule has 1 heterocycles. The largest absolute Gasteiger partial charge is 0.348 e. The number of pyridine rings is 1.